The molecule has 1 saturated heterocycles. The molecule has 7 heteroatoms. The average Bonchev–Trinajstić information content (AvgIpc) is 3.06. The van der Waals surface area contributed by atoms with Crippen molar-refractivity contribution in [2.24, 2.45) is 0 Å². The largest absolute Gasteiger partial charge is 0.488 e. The molecule has 1 aliphatic heterocycles. The smallest absolute Gasteiger partial charge is 0.276 e. The molecule has 4 rings (SSSR count). The van der Waals surface area contributed by atoms with Crippen molar-refractivity contribution in [1.82, 2.24) is 10.2 Å². The summed E-state index contributed by atoms with van der Waals surface area (Å²) in [7, 11) is 0. The van der Waals surface area contributed by atoms with Crippen LogP contribution in [0.5, 0.6) is 5.75 Å². The van der Waals surface area contributed by atoms with E-state index in [9.17, 15) is 10.1 Å². The predicted molar refractivity (Wildman–Crippen MR) is 127 cm³/mol. The van der Waals surface area contributed by atoms with Crippen molar-refractivity contribution in [2.45, 2.75) is 44.8 Å². The molecular formula is C24H22BrN3O2S. The molecule has 0 unspecified atom stereocenters. The molecular weight excluding hydrogens is 474 g/mol. The number of nitrogens with zero attached hydrogens (tertiary/aromatic N) is 2. The number of benzene rings is 2. The maximum absolute atomic E-state index is 13.1. The van der Waals surface area contributed by atoms with E-state index in [-0.39, 0.29) is 18.6 Å². The van der Waals surface area contributed by atoms with Gasteiger partial charge in [0.05, 0.1) is 11.6 Å². The molecule has 1 heterocycles. The second-order valence-electron chi connectivity index (χ2n) is 7.69. The van der Waals surface area contributed by atoms with Crippen LogP contribution in [0.4, 0.5) is 0 Å². The Labute approximate surface area is 195 Å². The predicted octanol–water partition coefficient (Wildman–Crippen LogP) is 5.29. The molecule has 0 radical (unpaired) electrons. The third kappa shape index (κ3) is 4.81. The van der Waals surface area contributed by atoms with Crippen LogP contribution in [0.2, 0.25) is 0 Å². The van der Waals surface area contributed by atoms with Gasteiger partial charge in [0, 0.05) is 21.6 Å². The van der Waals surface area contributed by atoms with Gasteiger partial charge in [-0.15, -0.1) is 0 Å². The van der Waals surface area contributed by atoms with Crippen LogP contribution < -0.4 is 10.1 Å². The second kappa shape index (κ2) is 9.63. The van der Waals surface area contributed by atoms with E-state index < -0.39 is 0 Å². The lowest BCUT2D eigenvalue weighted by atomic mass is 9.94. The highest BCUT2D eigenvalue weighted by atomic mass is 79.9. The van der Waals surface area contributed by atoms with Gasteiger partial charge in [-0.1, -0.05) is 53.4 Å². The number of ether oxygens (including phenoxy) is 1. The molecule has 31 heavy (non-hydrogen) atoms. The van der Waals surface area contributed by atoms with Gasteiger partial charge in [-0.3, -0.25) is 9.69 Å². The number of amides is 1. The number of rotatable bonds is 5. The topological polar surface area (TPSA) is 65.4 Å². The maximum Gasteiger partial charge on any atom is 0.276 e. The zero-order chi connectivity index (χ0) is 21.8. The van der Waals surface area contributed by atoms with Crippen LogP contribution >= 0.6 is 28.1 Å². The molecule has 2 aromatic carbocycles. The number of carbonyl (C=O) groups is 1. The molecule has 2 aliphatic rings. The summed E-state index contributed by atoms with van der Waals surface area (Å²) in [6.07, 6.45) is 7.24. The normalized spacial score (nSPS) is 18.2. The maximum atomic E-state index is 13.1. The molecule has 1 amide bonds. The second-order valence-corrected chi connectivity index (χ2v) is 9.00. The van der Waals surface area contributed by atoms with Crippen molar-refractivity contribution in [3.63, 3.8) is 0 Å². The fourth-order valence-electron chi connectivity index (χ4n) is 4.05. The lowest BCUT2D eigenvalue weighted by Gasteiger charge is -2.29. The van der Waals surface area contributed by atoms with Gasteiger partial charge in [0.25, 0.3) is 5.91 Å². The van der Waals surface area contributed by atoms with Crippen LogP contribution in [0.25, 0.3) is 6.08 Å². The minimum absolute atomic E-state index is 0.0855. The monoisotopic (exact) mass is 495 g/mol. The molecule has 158 valence electrons. The zero-order valence-corrected chi connectivity index (χ0v) is 19.3. The van der Waals surface area contributed by atoms with E-state index in [4.69, 9.17) is 17.0 Å². The first-order valence-electron chi connectivity index (χ1n) is 10.3. The van der Waals surface area contributed by atoms with Gasteiger partial charge in [-0.05, 0) is 55.4 Å². The summed E-state index contributed by atoms with van der Waals surface area (Å²) in [5.74, 6) is 0.540. The first kappa shape index (κ1) is 21.5. The number of nitrogens with one attached hydrogen (secondary N) is 1. The molecule has 2 aromatic rings. The zero-order valence-electron chi connectivity index (χ0n) is 16.9. The number of hydrogen-bond donors (Lipinski definition) is 1. The fourth-order valence-corrected chi connectivity index (χ4v) is 4.77. The van der Waals surface area contributed by atoms with E-state index in [0.29, 0.717) is 22.1 Å². The Morgan fingerprint density at radius 1 is 1.23 bits per heavy atom. The Bertz CT molecular complexity index is 1090. The fraction of sp³-hybridized carbons (Fsp3) is 0.292. The number of halogens is 1. The van der Waals surface area contributed by atoms with E-state index >= 15 is 0 Å². The molecule has 0 aromatic heterocycles. The molecule has 1 N–H and O–H groups in total. The van der Waals surface area contributed by atoms with Gasteiger partial charge < -0.3 is 10.1 Å². The van der Waals surface area contributed by atoms with E-state index in [1.54, 1.807) is 17.0 Å². The first-order chi connectivity index (χ1) is 15.1. The van der Waals surface area contributed by atoms with Crippen molar-refractivity contribution in [2.75, 3.05) is 0 Å². The van der Waals surface area contributed by atoms with Crippen molar-refractivity contribution >= 4 is 45.2 Å². The Hall–Kier alpha value is -2.69. The standard InChI is InChI=1S/C24H22BrN3O2S/c25-19-10-11-22(30-15-17-7-5-4-6-16(17)14-26)18(12-19)13-21-23(29)28(24(31)27-21)20-8-2-1-3-9-20/h4-7,10-13,20H,1-3,8-9,15H2,(H,27,31)/b21-13-. The van der Waals surface area contributed by atoms with Crippen LogP contribution in [0, 0.1) is 11.3 Å². The summed E-state index contributed by atoms with van der Waals surface area (Å²) in [4.78, 5) is 14.8. The Balaban J connectivity index is 1.57. The van der Waals surface area contributed by atoms with Crippen molar-refractivity contribution in [3.8, 4) is 11.8 Å². The summed E-state index contributed by atoms with van der Waals surface area (Å²) in [5.41, 5.74) is 2.61. The number of carbonyl (C=O) groups excluding carboxylic acids is 1. The highest BCUT2D eigenvalue weighted by Crippen LogP contribution is 2.30. The minimum atomic E-state index is -0.0855. The van der Waals surface area contributed by atoms with Gasteiger partial charge in [0.2, 0.25) is 0 Å². The van der Waals surface area contributed by atoms with E-state index in [2.05, 4.69) is 27.3 Å². The van der Waals surface area contributed by atoms with Crippen LogP contribution in [0.3, 0.4) is 0 Å². The van der Waals surface area contributed by atoms with E-state index in [1.807, 2.05) is 36.4 Å². The highest BCUT2D eigenvalue weighted by Gasteiger charge is 2.36. The van der Waals surface area contributed by atoms with E-state index in [0.717, 1.165) is 41.3 Å². The van der Waals surface area contributed by atoms with Gasteiger partial charge in [-0.2, -0.15) is 5.26 Å². The highest BCUT2D eigenvalue weighted by molar-refractivity contribution is 9.10. The molecule has 0 spiro atoms. The molecule has 0 atom stereocenters. The summed E-state index contributed by atoms with van der Waals surface area (Å²) in [6, 6.07) is 15.4. The summed E-state index contributed by atoms with van der Waals surface area (Å²) in [6.45, 7) is 0.259. The Morgan fingerprint density at radius 2 is 2.00 bits per heavy atom. The van der Waals surface area contributed by atoms with Crippen LogP contribution in [0.15, 0.2) is 52.6 Å². The lowest BCUT2D eigenvalue weighted by molar-refractivity contribution is -0.124. The van der Waals surface area contributed by atoms with Crippen molar-refractivity contribution < 1.29 is 9.53 Å². The summed E-state index contributed by atoms with van der Waals surface area (Å²) < 4.78 is 6.91. The molecule has 1 saturated carbocycles. The minimum Gasteiger partial charge on any atom is -0.488 e. The first-order valence-corrected chi connectivity index (χ1v) is 11.5. The van der Waals surface area contributed by atoms with Crippen LogP contribution in [-0.2, 0) is 11.4 Å². The van der Waals surface area contributed by atoms with Gasteiger partial charge in [0.1, 0.15) is 18.1 Å². The van der Waals surface area contributed by atoms with Crippen LogP contribution in [-0.4, -0.2) is 22.0 Å². The molecule has 1 aliphatic carbocycles. The number of hydrogen-bond acceptors (Lipinski definition) is 4. The Morgan fingerprint density at radius 3 is 2.77 bits per heavy atom. The van der Waals surface area contributed by atoms with E-state index in [1.165, 1.54) is 6.42 Å². The number of thiocarbonyl (C=S) groups is 1. The van der Waals surface area contributed by atoms with Crippen molar-refractivity contribution in [1.29, 1.82) is 5.26 Å². The Kier molecular flexibility index (Phi) is 6.69. The number of nitriles is 1. The SMILES string of the molecule is N#Cc1ccccc1COc1ccc(Br)cc1/C=C1\NC(=S)N(C2CCCCC2)C1=O. The summed E-state index contributed by atoms with van der Waals surface area (Å²) >= 11 is 8.97. The van der Waals surface area contributed by atoms with Gasteiger partial charge in [0.15, 0.2) is 5.11 Å². The third-order valence-corrected chi connectivity index (χ3v) is 6.43. The average molecular weight is 496 g/mol. The van der Waals surface area contributed by atoms with Crippen LogP contribution in [0.1, 0.15) is 48.8 Å². The van der Waals surface area contributed by atoms with Gasteiger partial charge >= 0.3 is 0 Å². The lowest BCUT2D eigenvalue weighted by Crippen LogP contribution is -2.41. The third-order valence-electron chi connectivity index (χ3n) is 5.64. The molecule has 2 fully saturated rings. The van der Waals surface area contributed by atoms with Gasteiger partial charge in [-0.25, -0.2) is 0 Å². The quantitative estimate of drug-likeness (QED) is 0.450. The molecule has 5 nitrogen and oxygen atoms in total. The van der Waals surface area contributed by atoms with Crippen molar-refractivity contribution in [3.05, 3.63) is 69.3 Å². The molecule has 0 bridgehead atoms. The summed E-state index contributed by atoms with van der Waals surface area (Å²) in [5, 5.41) is 12.9.